The van der Waals surface area contributed by atoms with E-state index in [0.29, 0.717) is 0 Å². The van der Waals surface area contributed by atoms with E-state index in [1.807, 2.05) is 0 Å². The first-order valence-corrected chi connectivity index (χ1v) is 7.66. The van der Waals surface area contributed by atoms with Crippen molar-refractivity contribution in [1.82, 2.24) is 4.90 Å². The molecule has 1 aliphatic heterocycles. The van der Waals surface area contributed by atoms with Crippen molar-refractivity contribution in [3.05, 3.63) is 0 Å². The Kier molecular flexibility index (Phi) is 4.87. The van der Waals surface area contributed by atoms with Crippen molar-refractivity contribution in [2.45, 2.75) is 58.4 Å². The van der Waals surface area contributed by atoms with Gasteiger partial charge in [0.15, 0.2) is 0 Å². The van der Waals surface area contributed by atoms with Crippen LogP contribution in [-0.4, -0.2) is 30.6 Å². The number of rotatable bonds is 3. The second-order valence-corrected chi connectivity index (χ2v) is 6.49. The van der Waals surface area contributed by atoms with E-state index in [4.69, 9.17) is 5.73 Å². The molecule has 1 saturated carbocycles. The maximum atomic E-state index is 6.00. The summed E-state index contributed by atoms with van der Waals surface area (Å²) in [4.78, 5) is 2.77. The average Bonchev–Trinajstić information content (AvgIpc) is 2.68. The van der Waals surface area contributed by atoms with Crippen molar-refractivity contribution >= 4 is 0 Å². The molecule has 2 N–H and O–H groups in total. The van der Waals surface area contributed by atoms with E-state index in [0.717, 1.165) is 30.3 Å². The van der Waals surface area contributed by atoms with Crippen LogP contribution in [0.4, 0.5) is 0 Å². The molecule has 1 heterocycles. The van der Waals surface area contributed by atoms with E-state index < -0.39 is 0 Å². The van der Waals surface area contributed by atoms with E-state index >= 15 is 0 Å². The highest BCUT2D eigenvalue weighted by atomic mass is 15.2. The van der Waals surface area contributed by atoms with Crippen molar-refractivity contribution in [1.29, 1.82) is 0 Å². The summed E-state index contributed by atoms with van der Waals surface area (Å²) in [6.07, 6.45) is 8.42. The van der Waals surface area contributed by atoms with Gasteiger partial charge in [0, 0.05) is 12.6 Å². The van der Waals surface area contributed by atoms with Gasteiger partial charge in [-0.3, -0.25) is 4.90 Å². The van der Waals surface area contributed by atoms with Gasteiger partial charge < -0.3 is 5.73 Å². The Hall–Kier alpha value is -0.0800. The zero-order chi connectivity index (χ0) is 12.3. The standard InChI is InChI=1S/C15H30N2/c1-12(2)14-8-9-17(11-14)15-7-5-3-4-6-13(15)10-16/h12-15H,3-11,16H2,1-2H3. The molecule has 2 heteroatoms. The monoisotopic (exact) mass is 238 g/mol. The zero-order valence-electron chi connectivity index (χ0n) is 11.7. The largest absolute Gasteiger partial charge is 0.330 e. The molecular weight excluding hydrogens is 208 g/mol. The summed E-state index contributed by atoms with van der Waals surface area (Å²) in [6, 6.07) is 0.797. The molecule has 1 saturated heterocycles. The summed E-state index contributed by atoms with van der Waals surface area (Å²) in [6.45, 7) is 8.31. The van der Waals surface area contributed by atoms with Gasteiger partial charge >= 0.3 is 0 Å². The molecule has 0 aromatic carbocycles. The van der Waals surface area contributed by atoms with Gasteiger partial charge in [0.25, 0.3) is 0 Å². The van der Waals surface area contributed by atoms with E-state index in [9.17, 15) is 0 Å². The van der Waals surface area contributed by atoms with Crippen LogP contribution in [0.25, 0.3) is 0 Å². The Morgan fingerprint density at radius 3 is 2.53 bits per heavy atom. The molecule has 3 unspecified atom stereocenters. The van der Waals surface area contributed by atoms with Crippen molar-refractivity contribution in [2.75, 3.05) is 19.6 Å². The third kappa shape index (κ3) is 3.23. The van der Waals surface area contributed by atoms with Gasteiger partial charge in [0.2, 0.25) is 0 Å². The third-order valence-corrected chi connectivity index (χ3v) is 5.09. The molecule has 0 bridgehead atoms. The van der Waals surface area contributed by atoms with Crippen LogP contribution in [0.15, 0.2) is 0 Å². The molecule has 0 aromatic heterocycles. The minimum Gasteiger partial charge on any atom is -0.330 e. The predicted octanol–water partition coefficient (Wildman–Crippen LogP) is 2.87. The molecule has 2 aliphatic rings. The summed E-state index contributed by atoms with van der Waals surface area (Å²) in [5, 5.41) is 0. The van der Waals surface area contributed by atoms with E-state index in [2.05, 4.69) is 18.7 Å². The average molecular weight is 238 g/mol. The van der Waals surface area contributed by atoms with Crippen LogP contribution in [0.5, 0.6) is 0 Å². The first-order valence-electron chi connectivity index (χ1n) is 7.66. The Bertz CT molecular complexity index is 227. The molecule has 17 heavy (non-hydrogen) atoms. The lowest BCUT2D eigenvalue weighted by molar-refractivity contribution is 0.157. The number of hydrogen-bond acceptors (Lipinski definition) is 2. The lowest BCUT2D eigenvalue weighted by Gasteiger charge is -2.33. The van der Waals surface area contributed by atoms with Crippen LogP contribution in [0.2, 0.25) is 0 Å². The predicted molar refractivity (Wildman–Crippen MR) is 73.9 cm³/mol. The lowest BCUT2D eigenvalue weighted by atomic mass is 9.93. The van der Waals surface area contributed by atoms with Crippen LogP contribution in [0.3, 0.4) is 0 Å². The summed E-state index contributed by atoms with van der Waals surface area (Å²) in [7, 11) is 0. The summed E-state index contributed by atoms with van der Waals surface area (Å²) in [5.41, 5.74) is 6.00. The molecule has 2 rings (SSSR count). The molecule has 0 radical (unpaired) electrons. The second kappa shape index (κ2) is 6.19. The minimum atomic E-state index is 0.767. The molecule has 2 nitrogen and oxygen atoms in total. The normalized spacial score (nSPS) is 36.4. The van der Waals surface area contributed by atoms with Crippen LogP contribution in [0, 0.1) is 17.8 Å². The maximum absolute atomic E-state index is 6.00. The first kappa shape index (κ1) is 13.4. The Morgan fingerprint density at radius 1 is 1.12 bits per heavy atom. The fourth-order valence-corrected chi connectivity index (χ4v) is 3.78. The van der Waals surface area contributed by atoms with E-state index in [1.54, 1.807) is 0 Å². The fraction of sp³-hybridized carbons (Fsp3) is 1.00. The summed E-state index contributed by atoms with van der Waals surface area (Å²) < 4.78 is 0. The van der Waals surface area contributed by atoms with Gasteiger partial charge in [-0.25, -0.2) is 0 Å². The molecule has 3 atom stereocenters. The number of hydrogen-bond donors (Lipinski definition) is 1. The smallest absolute Gasteiger partial charge is 0.0136 e. The summed E-state index contributed by atoms with van der Waals surface area (Å²) in [5.74, 6) is 2.54. The van der Waals surface area contributed by atoms with Crippen LogP contribution >= 0.6 is 0 Å². The van der Waals surface area contributed by atoms with Crippen LogP contribution < -0.4 is 5.73 Å². The lowest BCUT2D eigenvalue weighted by Crippen LogP contribution is -2.41. The quantitative estimate of drug-likeness (QED) is 0.766. The van der Waals surface area contributed by atoms with Crippen molar-refractivity contribution in [2.24, 2.45) is 23.5 Å². The fourth-order valence-electron chi connectivity index (χ4n) is 3.78. The van der Waals surface area contributed by atoms with Gasteiger partial charge in [0.05, 0.1) is 0 Å². The highest BCUT2D eigenvalue weighted by Gasteiger charge is 2.33. The second-order valence-electron chi connectivity index (χ2n) is 6.49. The highest BCUT2D eigenvalue weighted by Crippen LogP contribution is 2.32. The summed E-state index contributed by atoms with van der Waals surface area (Å²) >= 11 is 0. The van der Waals surface area contributed by atoms with E-state index in [-0.39, 0.29) is 0 Å². The van der Waals surface area contributed by atoms with Crippen molar-refractivity contribution < 1.29 is 0 Å². The number of nitrogens with two attached hydrogens (primary N) is 1. The molecular formula is C15H30N2. The van der Waals surface area contributed by atoms with E-state index in [1.165, 1.54) is 51.6 Å². The molecule has 2 fully saturated rings. The van der Waals surface area contributed by atoms with Gasteiger partial charge in [0.1, 0.15) is 0 Å². The van der Waals surface area contributed by atoms with Crippen molar-refractivity contribution in [3.63, 3.8) is 0 Å². The van der Waals surface area contributed by atoms with Crippen LogP contribution in [-0.2, 0) is 0 Å². The topological polar surface area (TPSA) is 29.3 Å². The molecule has 0 amide bonds. The Balaban J connectivity index is 1.95. The third-order valence-electron chi connectivity index (χ3n) is 5.09. The molecule has 100 valence electrons. The Morgan fingerprint density at radius 2 is 1.88 bits per heavy atom. The molecule has 1 aliphatic carbocycles. The maximum Gasteiger partial charge on any atom is 0.0136 e. The first-order chi connectivity index (χ1) is 8.22. The number of nitrogens with zero attached hydrogens (tertiary/aromatic N) is 1. The highest BCUT2D eigenvalue weighted by molar-refractivity contribution is 4.88. The molecule has 0 spiro atoms. The minimum absolute atomic E-state index is 0.767. The zero-order valence-corrected chi connectivity index (χ0v) is 11.7. The Labute approximate surface area is 107 Å². The molecule has 0 aromatic rings. The SMILES string of the molecule is CC(C)C1CCN(C2CCCCCC2CN)C1. The van der Waals surface area contributed by atoms with Crippen LogP contribution in [0.1, 0.15) is 52.4 Å². The van der Waals surface area contributed by atoms with Crippen molar-refractivity contribution in [3.8, 4) is 0 Å². The van der Waals surface area contributed by atoms with Gasteiger partial charge in [-0.1, -0.05) is 33.1 Å². The van der Waals surface area contributed by atoms with Gasteiger partial charge in [-0.2, -0.15) is 0 Å². The number of likely N-dealkylation sites (tertiary alicyclic amines) is 1. The van der Waals surface area contributed by atoms with Gasteiger partial charge in [-0.15, -0.1) is 0 Å². The van der Waals surface area contributed by atoms with Gasteiger partial charge in [-0.05, 0) is 50.1 Å².